The van der Waals surface area contributed by atoms with Crippen LogP contribution in [-0.4, -0.2) is 13.1 Å². The van der Waals surface area contributed by atoms with E-state index in [1.165, 1.54) is 24.0 Å². The first-order valence-corrected chi connectivity index (χ1v) is 8.59. The predicted molar refractivity (Wildman–Crippen MR) is 94.8 cm³/mol. The van der Waals surface area contributed by atoms with Crippen molar-refractivity contribution < 1.29 is 0 Å². The van der Waals surface area contributed by atoms with E-state index in [1.54, 1.807) is 0 Å². The minimum Gasteiger partial charge on any atom is -0.316 e. The van der Waals surface area contributed by atoms with Gasteiger partial charge in [-0.05, 0) is 55.0 Å². The van der Waals surface area contributed by atoms with E-state index in [0.717, 1.165) is 24.0 Å². The smallest absolute Gasteiger partial charge is 0.0175 e. The van der Waals surface area contributed by atoms with Gasteiger partial charge in [0.05, 0.1) is 0 Å². The van der Waals surface area contributed by atoms with Crippen molar-refractivity contribution in [1.82, 2.24) is 5.32 Å². The second-order valence-electron chi connectivity index (χ2n) is 5.48. The fourth-order valence-corrected chi connectivity index (χ4v) is 2.82. The van der Waals surface area contributed by atoms with E-state index in [1.807, 2.05) is 0 Å². The molecule has 2 heteroatoms. The summed E-state index contributed by atoms with van der Waals surface area (Å²) in [6.45, 7) is 4.38. The molecule has 0 saturated carbocycles. The Labute approximate surface area is 136 Å². The third-order valence-electron chi connectivity index (χ3n) is 3.78. The molecule has 0 spiro atoms. The Kier molecular flexibility index (Phi) is 6.98. The maximum Gasteiger partial charge on any atom is 0.0175 e. The summed E-state index contributed by atoms with van der Waals surface area (Å²) in [6, 6.07) is 19.6. The van der Waals surface area contributed by atoms with E-state index in [0.29, 0.717) is 5.92 Å². The first-order valence-electron chi connectivity index (χ1n) is 7.79. The van der Waals surface area contributed by atoms with E-state index in [9.17, 15) is 0 Å². The molecule has 0 radical (unpaired) electrons. The van der Waals surface area contributed by atoms with Crippen LogP contribution in [0.15, 0.2) is 59.1 Å². The normalized spacial score (nSPS) is 12.3. The van der Waals surface area contributed by atoms with Crippen LogP contribution in [0.2, 0.25) is 0 Å². The van der Waals surface area contributed by atoms with Gasteiger partial charge in [-0.3, -0.25) is 0 Å². The van der Waals surface area contributed by atoms with Crippen molar-refractivity contribution in [3.8, 4) is 0 Å². The zero-order valence-electron chi connectivity index (χ0n) is 12.7. The maximum atomic E-state index is 3.57. The van der Waals surface area contributed by atoms with Crippen LogP contribution in [0.4, 0.5) is 0 Å². The van der Waals surface area contributed by atoms with Gasteiger partial charge in [-0.15, -0.1) is 0 Å². The Balaban J connectivity index is 1.96. The van der Waals surface area contributed by atoms with Crippen LogP contribution in [0.25, 0.3) is 0 Å². The number of hydrogen-bond donors (Lipinski definition) is 1. The van der Waals surface area contributed by atoms with Crippen molar-refractivity contribution in [2.45, 2.75) is 32.1 Å². The molecule has 0 aromatic heterocycles. The number of benzene rings is 2. The SMILES string of the molecule is CCCNCC(CCc1ccc(Br)cc1)c1ccccc1. The lowest BCUT2D eigenvalue weighted by atomic mass is 9.92. The van der Waals surface area contributed by atoms with Gasteiger partial charge in [0.15, 0.2) is 0 Å². The van der Waals surface area contributed by atoms with Crippen LogP contribution in [0.3, 0.4) is 0 Å². The monoisotopic (exact) mass is 345 g/mol. The summed E-state index contributed by atoms with van der Waals surface area (Å²) in [5.74, 6) is 0.585. The molecule has 1 N–H and O–H groups in total. The molecule has 0 amide bonds. The Morgan fingerprint density at radius 3 is 2.38 bits per heavy atom. The highest BCUT2D eigenvalue weighted by atomic mass is 79.9. The van der Waals surface area contributed by atoms with Crippen LogP contribution in [-0.2, 0) is 6.42 Å². The summed E-state index contributed by atoms with van der Waals surface area (Å²) >= 11 is 3.49. The fraction of sp³-hybridized carbons (Fsp3) is 0.368. The summed E-state index contributed by atoms with van der Waals surface area (Å²) in [5.41, 5.74) is 2.85. The standard InChI is InChI=1S/C19H24BrN/c1-2-14-21-15-18(17-6-4-3-5-7-17)11-8-16-9-12-19(20)13-10-16/h3-7,9-10,12-13,18,21H,2,8,11,14-15H2,1H3. The molecule has 21 heavy (non-hydrogen) atoms. The van der Waals surface area contributed by atoms with Crippen LogP contribution in [0, 0.1) is 0 Å². The van der Waals surface area contributed by atoms with Gasteiger partial charge in [-0.2, -0.15) is 0 Å². The van der Waals surface area contributed by atoms with Crippen molar-refractivity contribution >= 4 is 15.9 Å². The third kappa shape index (κ3) is 5.64. The molecule has 1 nitrogen and oxygen atoms in total. The lowest BCUT2D eigenvalue weighted by Crippen LogP contribution is -2.22. The molecule has 0 fully saturated rings. The average Bonchev–Trinajstić information content (AvgIpc) is 2.53. The van der Waals surface area contributed by atoms with Crippen molar-refractivity contribution in [3.05, 3.63) is 70.2 Å². The van der Waals surface area contributed by atoms with Crippen LogP contribution in [0.5, 0.6) is 0 Å². The van der Waals surface area contributed by atoms with Gasteiger partial charge < -0.3 is 5.32 Å². The third-order valence-corrected chi connectivity index (χ3v) is 4.31. The number of rotatable bonds is 8. The van der Waals surface area contributed by atoms with E-state index in [2.05, 4.69) is 82.8 Å². The summed E-state index contributed by atoms with van der Waals surface area (Å²) in [4.78, 5) is 0. The summed E-state index contributed by atoms with van der Waals surface area (Å²) in [6.07, 6.45) is 3.50. The average molecular weight is 346 g/mol. The minimum absolute atomic E-state index is 0.585. The zero-order valence-corrected chi connectivity index (χ0v) is 14.3. The Morgan fingerprint density at radius 2 is 1.71 bits per heavy atom. The molecule has 2 aromatic rings. The molecule has 0 bridgehead atoms. The van der Waals surface area contributed by atoms with E-state index >= 15 is 0 Å². The number of halogens is 1. The van der Waals surface area contributed by atoms with Gasteiger partial charge >= 0.3 is 0 Å². The molecule has 0 heterocycles. The highest BCUT2D eigenvalue weighted by Gasteiger charge is 2.11. The molecule has 1 unspecified atom stereocenters. The van der Waals surface area contributed by atoms with E-state index < -0.39 is 0 Å². The minimum atomic E-state index is 0.585. The topological polar surface area (TPSA) is 12.0 Å². The first kappa shape index (κ1) is 16.3. The second kappa shape index (κ2) is 9.01. The molecular formula is C19H24BrN. The van der Waals surface area contributed by atoms with Gasteiger partial charge in [0.2, 0.25) is 0 Å². The second-order valence-corrected chi connectivity index (χ2v) is 6.39. The van der Waals surface area contributed by atoms with E-state index in [-0.39, 0.29) is 0 Å². The molecule has 2 aromatic carbocycles. The lowest BCUT2D eigenvalue weighted by Gasteiger charge is -2.18. The van der Waals surface area contributed by atoms with Crippen LogP contribution >= 0.6 is 15.9 Å². The van der Waals surface area contributed by atoms with E-state index in [4.69, 9.17) is 0 Å². The first-order chi connectivity index (χ1) is 10.3. The fourth-order valence-electron chi connectivity index (χ4n) is 2.56. The molecule has 0 aliphatic heterocycles. The van der Waals surface area contributed by atoms with Crippen LogP contribution < -0.4 is 5.32 Å². The Hall–Kier alpha value is -1.12. The highest BCUT2D eigenvalue weighted by Crippen LogP contribution is 2.22. The Morgan fingerprint density at radius 1 is 1.00 bits per heavy atom. The van der Waals surface area contributed by atoms with Crippen molar-refractivity contribution in [2.24, 2.45) is 0 Å². The molecule has 0 aliphatic rings. The van der Waals surface area contributed by atoms with Crippen molar-refractivity contribution in [2.75, 3.05) is 13.1 Å². The largest absolute Gasteiger partial charge is 0.316 e. The summed E-state index contributed by atoms with van der Waals surface area (Å²) in [5, 5.41) is 3.57. The predicted octanol–water partition coefficient (Wildman–Crippen LogP) is 5.17. The molecule has 112 valence electrons. The molecule has 1 atom stereocenters. The van der Waals surface area contributed by atoms with Gasteiger partial charge in [0.25, 0.3) is 0 Å². The van der Waals surface area contributed by atoms with Gasteiger partial charge in [-0.1, -0.05) is 65.3 Å². The molecule has 0 saturated heterocycles. The van der Waals surface area contributed by atoms with Gasteiger partial charge in [0.1, 0.15) is 0 Å². The lowest BCUT2D eigenvalue weighted by molar-refractivity contribution is 0.548. The van der Waals surface area contributed by atoms with Crippen molar-refractivity contribution in [3.63, 3.8) is 0 Å². The number of nitrogens with one attached hydrogen (secondary N) is 1. The molecule has 2 rings (SSSR count). The molecular weight excluding hydrogens is 322 g/mol. The zero-order chi connectivity index (χ0) is 14.9. The Bertz CT molecular complexity index is 507. The summed E-state index contributed by atoms with van der Waals surface area (Å²) in [7, 11) is 0. The van der Waals surface area contributed by atoms with Crippen LogP contribution in [0.1, 0.15) is 36.8 Å². The highest BCUT2D eigenvalue weighted by molar-refractivity contribution is 9.10. The summed E-state index contributed by atoms with van der Waals surface area (Å²) < 4.78 is 1.15. The quantitative estimate of drug-likeness (QED) is 0.651. The maximum absolute atomic E-state index is 3.57. The number of hydrogen-bond acceptors (Lipinski definition) is 1. The molecule has 0 aliphatic carbocycles. The van der Waals surface area contributed by atoms with Gasteiger partial charge in [-0.25, -0.2) is 0 Å². The number of aryl methyl sites for hydroxylation is 1. The van der Waals surface area contributed by atoms with Gasteiger partial charge in [0, 0.05) is 11.0 Å². The van der Waals surface area contributed by atoms with Crippen molar-refractivity contribution in [1.29, 1.82) is 0 Å².